The number of carbonyl (C=O) groups is 1. The molecule has 3 nitrogen and oxygen atoms in total. The van der Waals surface area contributed by atoms with E-state index in [1.165, 1.54) is 23.4 Å². The van der Waals surface area contributed by atoms with E-state index in [0.717, 1.165) is 36.5 Å². The van der Waals surface area contributed by atoms with Crippen molar-refractivity contribution >= 4 is 23.4 Å². The van der Waals surface area contributed by atoms with Crippen molar-refractivity contribution in [2.45, 2.75) is 36.6 Å². The number of anilines is 1. The third kappa shape index (κ3) is 3.94. The first kappa shape index (κ1) is 19.0. The molecule has 2 heterocycles. The van der Waals surface area contributed by atoms with Gasteiger partial charge in [0.2, 0.25) is 5.91 Å². The Morgan fingerprint density at radius 2 is 1.96 bits per heavy atom. The number of amides is 1. The number of ether oxygens (including phenoxy) is 1. The minimum Gasteiger partial charge on any atom is -0.381 e. The van der Waals surface area contributed by atoms with Gasteiger partial charge in [0, 0.05) is 30.3 Å². The van der Waals surface area contributed by atoms with Gasteiger partial charge in [0.05, 0.1) is 17.8 Å². The molecule has 0 aromatic heterocycles. The van der Waals surface area contributed by atoms with Gasteiger partial charge < -0.3 is 9.64 Å². The highest BCUT2D eigenvalue weighted by Gasteiger charge is 2.25. The maximum absolute atomic E-state index is 14.1. The fraction of sp³-hybridized carbons (Fsp3) is 0.348. The van der Waals surface area contributed by atoms with Crippen molar-refractivity contribution < 1.29 is 13.9 Å². The molecule has 0 N–H and O–H groups in total. The van der Waals surface area contributed by atoms with Gasteiger partial charge in [-0.2, -0.15) is 0 Å². The monoisotopic (exact) mass is 395 g/mol. The smallest absolute Gasteiger partial charge is 0.228 e. The van der Waals surface area contributed by atoms with Gasteiger partial charge >= 0.3 is 0 Å². The van der Waals surface area contributed by atoms with Crippen LogP contribution in [-0.4, -0.2) is 24.9 Å². The van der Waals surface area contributed by atoms with E-state index in [2.05, 4.69) is 30.2 Å². The second-order valence-corrected chi connectivity index (χ2v) is 8.29. The lowest BCUT2D eigenvalue weighted by molar-refractivity contribution is -0.118. The van der Waals surface area contributed by atoms with Crippen LogP contribution in [0, 0.1) is 18.2 Å². The first-order chi connectivity index (χ1) is 13.7. The first-order valence-electron chi connectivity index (χ1n) is 9.55. The number of halogens is 1. The summed E-state index contributed by atoms with van der Waals surface area (Å²) in [6.45, 7) is 2.09. The molecule has 0 saturated carbocycles. The molecule has 2 aromatic carbocycles. The van der Waals surface area contributed by atoms with E-state index < -0.39 is 5.82 Å². The van der Waals surface area contributed by atoms with Gasteiger partial charge in [-0.1, -0.05) is 30.2 Å². The van der Waals surface area contributed by atoms with Gasteiger partial charge in [-0.05, 0) is 42.0 Å². The van der Waals surface area contributed by atoms with E-state index in [9.17, 15) is 9.18 Å². The highest BCUT2D eigenvalue weighted by molar-refractivity contribution is 7.99. The number of fused-ring (bicyclic) bond motifs is 1. The van der Waals surface area contributed by atoms with Crippen LogP contribution in [0.5, 0.6) is 0 Å². The number of hydrogen-bond acceptors (Lipinski definition) is 3. The molecule has 1 fully saturated rings. The molecule has 0 bridgehead atoms. The number of terminal acetylenes is 1. The fourth-order valence-corrected chi connectivity index (χ4v) is 4.78. The Balaban J connectivity index is 1.60. The van der Waals surface area contributed by atoms with Crippen LogP contribution in [0.1, 0.15) is 41.9 Å². The highest BCUT2D eigenvalue weighted by Crippen LogP contribution is 2.37. The van der Waals surface area contributed by atoms with E-state index in [0.29, 0.717) is 30.3 Å². The normalized spacial score (nSPS) is 17.7. The van der Waals surface area contributed by atoms with Crippen molar-refractivity contribution in [1.82, 2.24) is 0 Å². The van der Waals surface area contributed by atoms with E-state index in [-0.39, 0.29) is 11.5 Å². The summed E-state index contributed by atoms with van der Waals surface area (Å²) in [6.07, 6.45) is 7.96. The molecule has 0 spiro atoms. The summed E-state index contributed by atoms with van der Waals surface area (Å²) in [6, 6.07) is 11.6. The summed E-state index contributed by atoms with van der Waals surface area (Å²) in [5.41, 5.74) is 3.26. The molecule has 5 heteroatoms. The minimum absolute atomic E-state index is 0.0364. The van der Waals surface area contributed by atoms with Crippen molar-refractivity contribution in [3.05, 3.63) is 58.9 Å². The van der Waals surface area contributed by atoms with Crippen molar-refractivity contribution in [2.24, 2.45) is 0 Å². The van der Waals surface area contributed by atoms with Gasteiger partial charge in [0.15, 0.2) is 0 Å². The second kappa shape index (κ2) is 8.38. The number of thioether (sulfide) groups is 1. The number of rotatable bonds is 3. The van der Waals surface area contributed by atoms with Gasteiger partial charge in [0.1, 0.15) is 5.82 Å². The Kier molecular flexibility index (Phi) is 5.70. The molecular formula is C23H22FNO2S. The SMILES string of the molecule is C#Cc1cc2c(cc1F)SCCC(=O)N2Cc1ccc(C2CCOCC2)cc1. The molecule has 0 radical (unpaired) electrons. The van der Waals surface area contributed by atoms with Gasteiger partial charge in [-0.25, -0.2) is 4.39 Å². The third-order valence-electron chi connectivity index (χ3n) is 5.38. The lowest BCUT2D eigenvalue weighted by atomic mass is 9.91. The fourth-order valence-electron chi connectivity index (χ4n) is 3.78. The van der Waals surface area contributed by atoms with Crippen LogP contribution in [-0.2, 0) is 16.1 Å². The average molecular weight is 395 g/mol. The van der Waals surface area contributed by atoms with Crippen molar-refractivity contribution in [3.8, 4) is 12.3 Å². The maximum Gasteiger partial charge on any atom is 0.228 e. The molecule has 1 saturated heterocycles. The third-order valence-corrected chi connectivity index (χ3v) is 6.43. The van der Waals surface area contributed by atoms with E-state index in [4.69, 9.17) is 11.2 Å². The quantitative estimate of drug-likeness (QED) is 0.704. The number of benzene rings is 2. The molecule has 2 aliphatic heterocycles. The molecule has 4 rings (SSSR count). The lowest BCUT2D eigenvalue weighted by Gasteiger charge is -2.25. The van der Waals surface area contributed by atoms with Gasteiger partial charge in [-0.3, -0.25) is 4.79 Å². The predicted octanol–water partition coefficient (Wildman–Crippen LogP) is 4.73. The predicted molar refractivity (Wildman–Crippen MR) is 110 cm³/mol. The zero-order valence-electron chi connectivity index (χ0n) is 15.6. The molecule has 0 unspecified atom stereocenters. The van der Waals surface area contributed by atoms with Crippen LogP contribution in [0.2, 0.25) is 0 Å². The molecule has 144 valence electrons. The average Bonchev–Trinajstić information content (AvgIpc) is 2.87. The molecule has 2 aliphatic rings. The van der Waals surface area contributed by atoms with E-state index >= 15 is 0 Å². The summed E-state index contributed by atoms with van der Waals surface area (Å²) in [4.78, 5) is 15.2. The Labute approximate surface area is 169 Å². The van der Waals surface area contributed by atoms with Crippen LogP contribution in [0.4, 0.5) is 10.1 Å². The van der Waals surface area contributed by atoms with Crippen LogP contribution in [0.3, 0.4) is 0 Å². The summed E-state index contributed by atoms with van der Waals surface area (Å²) >= 11 is 1.50. The van der Waals surface area contributed by atoms with Crippen LogP contribution in [0.25, 0.3) is 0 Å². The minimum atomic E-state index is -0.413. The summed E-state index contributed by atoms with van der Waals surface area (Å²) < 4.78 is 19.6. The standard InChI is InChI=1S/C23H22FNO2S/c1-2-17-13-21-22(14-20(17)24)28-12-9-23(26)25(21)15-16-3-5-18(6-4-16)19-7-10-27-11-8-19/h1,3-6,13-14,19H,7-12,15H2. The second-order valence-electron chi connectivity index (χ2n) is 7.15. The van der Waals surface area contributed by atoms with Crippen molar-refractivity contribution in [2.75, 3.05) is 23.9 Å². The Morgan fingerprint density at radius 1 is 1.21 bits per heavy atom. The maximum atomic E-state index is 14.1. The topological polar surface area (TPSA) is 29.5 Å². The largest absolute Gasteiger partial charge is 0.381 e. The van der Waals surface area contributed by atoms with Crippen LogP contribution < -0.4 is 4.90 Å². The highest BCUT2D eigenvalue weighted by atomic mass is 32.2. The number of nitrogens with zero attached hydrogens (tertiary/aromatic N) is 1. The first-order valence-corrected chi connectivity index (χ1v) is 10.5. The Hall–Kier alpha value is -2.29. The molecule has 2 aromatic rings. The van der Waals surface area contributed by atoms with E-state index in [1.807, 2.05) is 0 Å². The Morgan fingerprint density at radius 3 is 2.68 bits per heavy atom. The van der Waals surface area contributed by atoms with Crippen molar-refractivity contribution in [1.29, 1.82) is 0 Å². The summed E-state index contributed by atoms with van der Waals surface area (Å²) in [7, 11) is 0. The lowest BCUT2D eigenvalue weighted by Crippen LogP contribution is -2.30. The van der Waals surface area contributed by atoms with Gasteiger partial charge in [0.25, 0.3) is 0 Å². The van der Waals surface area contributed by atoms with Crippen molar-refractivity contribution in [3.63, 3.8) is 0 Å². The van der Waals surface area contributed by atoms with Crippen LogP contribution >= 0.6 is 11.8 Å². The summed E-state index contributed by atoms with van der Waals surface area (Å²) in [5, 5.41) is 0. The number of hydrogen-bond donors (Lipinski definition) is 0. The molecule has 0 atom stereocenters. The summed E-state index contributed by atoms with van der Waals surface area (Å²) in [5.74, 6) is 3.18. The Bertz CT molecular complexity index is 913. The zero-order chi connectivity index (χ0) is 19.5. The number of carbonyl (C=O) groups excluding carboxylic acids is 1. The molecule has 28 heavy (non-hydrogen) atoms. The molecular weight excluding hydrogens is 373 g/mol. The molecule has 1 amide bonds. The van der Waals surface area contributed by atoms with Gasteiger partial charge in [-0.15, -0.1) is 18.2 Å². The van der Waals surface area contributed by atoms with Crippen LogP contribution in [0.15, 0.2) is 41.3 Å². The molecule has 0 aliphatic carbocycles. The van der Waals surface area contributed by atoms with E-state index in [1.54, 1.807) is 11.0 Å². The zero-order valence-corrected chi connectivity index (χ0v) is 16.4.